The van der Waals surface area contributed by atoms with Crippen LogP contribution in [0.2, 0.25) is 0 Å². The van der Waals surface area contributed by atoms with Gasteiger partial charge in [-0.25, -0.2) is 9.97 Å². The highest BCUT2D eigenvalue weighted by Crippen LogP contribution is 2.18. The van der Waals surface area contributed by atoms with Crippen molar-refractivity contribution in [1.82, 2.24) is 15.0 Å². The van der Waals surface area contributed by atoms with E-state index in [9.17, 15) is 4.39 Å². The summed E-state index contributed by atoms with van der Waals surface area (Å²) in [5.41, 5.74) is 0. The lowest BCUT2D eigenvalue weighted by atomic mass is 10.5. The molecule has 0 saturated heterocycles. The zero-order chi connectivity index (χ0) is 9.80. The summed E-state index contributed by atoms with van der Waals surface area (Å²) in [6, 6.07) is 3.34. The van der Waals surface area contributed by atoms with Crippen molar-refractivity contribution in [2.75, 3.05) is 0 Å². The predicted octanol–water partition coefficient (Wildman–Crippen LogP) is 1.80. The van der Waals surface area contributed by atoms with Gasteiger partial charge in [0.2, 0.25) is 0 Å². The standard InChI is InChI=1S/C9H6FN3O/c10-8-9(13-5-4-12-8)14-7-2-1-3-11-6-7/h1-6H. The van der Waals surface area contributed by atoms with Gasteiger partial charge in [0.15, 0.2) is 0 Å². The van der Waals surface area contributed by atoms with E-state index in [2.05, 4.69) is 15.0 Å². The summed E-state index contributed by atoms with van der Waals surface area (Å²) >= 11 is 0. The molecule has 2 aromatic rings. The first-order chi connectivity index (χ1) is 6.86. The predicted molar refractivity (Wildman–Crippen MR) is 46.3 cm³/mol. The van der Waals surface area contributed by atoms with Gasteiger partial charge in [-0.3, -0.25) is 4.98 Å². The number of halogens is 1. The fourth-order valence-electron chi connectivity index (χ4n) is 0.896. The van der Waals surface area contributed by atoms with E-state index in [1.54, 1.807) is 18.3 Å². The molecule has 2 heterocycles. The third-order valence-electron chi connectivity index (χ3n) is 1.47. The van der Waals surface area contributed by atoms with Crippen molar-refractivity contribution in [3.05, 3.63) is 42.9 Å². The number of hydrogen-bond acceptors (Lipinski definition) is 4. The van der Waals surface area contributed by atoms with E-state index >= 15 is 0 Å². The van der Waals surface area contributed by atoms with E-state index in [1.807, 2.05) is 0 Å². The number of hydrogen-bond donors (Lipinski definition) is 0. The van der Waals surface area contributed by atoms with Crippen LogP contribution in [-0.2, 0) is 0 Å². The molecule has 5 heteroatoms. The van der Waals surface area contributed by atoms with Crippen molar-refractivity contribution in [3.63, 3.8) is 0 Å². The van der Waals surface area contributed by atoms with Crippen LogP contribution in [0, 0.1) is 5.95 Å². The van der Waals surface area contributed by atoms with Crippen LogP contribution in [-0.4, -0.2) is 15.0 Å². The lowest BCUT2D eigenvalue weighted by Gasteiger charge is -2.02. The smallest absolute Gasteiger partial charge is 0.276 e. The molecule has 0 fully saturated rings. The average Bonchev–Trinajstić information content (AvgIpc) is 2.23. The maximum absolute atomic E-state index is 13.0. The van der Waals surface area contributed by atoms with Gasteiger partial charge in [-0.15, -0.1) is 0 Å². The summed E-state index contributed by atoms with van der Waals surface area (Å²) in [6.45, 7) is 0. The molecule has 4 nitrogen and oxygen atoms in total. The van der Waals surface area contributed by atoms with Gasteiger partial charge < -0.3 is 4.74 Å². The molecule has 0 aromatic carbocycles. The molecule has 0 spiro atoms. The van der Waals surface area contributed by atoms with Gasteiger partial charge in [0.1, 0.15) is 5.75 Å². The van der Waals surface area contributed by atoms with Crippen molar-refractivity contribution in [1.29, 1.82) is 0 Å². The van der Waals surface area contributed by atoms with Crippen LogP contribution in [0.1, 0.15) is 0 Å². The Labute approximate surface area is 79.4 Å². The molecule has 0 atom stereocenters. The number of rotatable bonds is 2. The SMILES string of the molecule is Fc1nccnc1Oc1cccnc1. The number of aromatic nitrogens is 3. The third kappa shape index (κ3) is 1.82. The molecule has 70 valence electrons. The highest BCUT2D eigenvalue weighted by atomic mass is 19.1. The van der Waals surface area contributed by atoms with E-state index in [-0.39, 0.29) is 5.88 Å². The quantitative estimate of drug-likeness (QED) is 0.726. The maximum Gasteiger partial charge on any atom is 0.276 e. The molecule has 2 rings (SSSR count). The second kappa shape index (κ2) is 3.78. The van der Waals surface area contributed by atoms with E-state index in [0.717, 1.165) is 0 Å². The van der Waals surface area contributed by atoms with Gasteiger partial charge >= 0.3 is 0 Å². The fraction of sp³-hybridized carbons (Fsp3) is 0. The number of ether oxygens (including phenoxy) is 1. The molecule has 14 heavy (non-hydrogen) atoms. The van der Waals surface area contributed by atoms with Crippen LogP contribution in [0.25, 0.3) is 0 Å². The van der Waals surface area contributed by atoms with Crippen molar-refractivity contribution in [2.24, 2.45) is 0 Å². The highest BCUT2D eigenvalue weighted by Gasteiger charge is 2.05. The Morgan fingerprint density at radius 3 is 2.71 bits per heavy atom. The fourth-order valence-corrected chi connectivity index (χ4v) is 0.896. The van der Waals surface area contributed by atoms with E-state index in [0.29, 0.717) is 5.75 Å². The molecule has 0 radical (unpaired) electrons. The van der Waals surface area contributed by atoms with E-state index < -0.39 is 5.95 Å². The lowest BCUT2D eigenvalue weighted by Crippen LogP contribution is -1.93. The lowest BCUT2D eigenvalue weighted by molar-refractivity contribution is 0.408. The van der Waals surface area contributed by atoms with Crippen LogP contribution in [0.5, 0.6) is 11.6 Å². The Hall–Kier alpha value is -2.04. The van der Waals surface area contributed by atoms with Gasteiger partial charge in [-0.05, 0) is 12.1 Å². The van der Waals surface area contributed by atoms with Gasteiger partial charge in [-0.1, -0.05) is 0 Å². The number of pyridine rings is 1. The Kier molecular flexibility index (Phi) is 2.31. The average molecular weight is 191 g/mol. The monoisotopic (exact) mass is 191 g/mol. The Bertz CT molecular complexity index is 421. The number of nitrogens with zero attached hydrogens (tertiary/aromatic N) is 3. The summed E-state index contributed by atoms with van der Waals surface area (Å²) in [4.78, 5) is 10.9. The largest absolute Gasteiger partial charge is 0.434 e. The summed E-state index contributed by atoms with van der Waals surface area (Å²) < 4.78 is 18.1. The molecule has 0 aliphatic heterocycles. The summed E-state index contributed by atoms with van der Waals surface area (Å²) in [7, 11) is 0. The van der Waals surface area contributed by atoms with Gasteiger partial charge in [0.25, 0.3) is 11.8 Å². The molecule has 0 unspecified atom stereocenters. The first kappa shape index (κ1) is 8.55. The van der Waals surface area contributed by atoms with Crippen LogP contribution < -0.4 is 4.74 Å². The van der Waals surface area contributed by atoms with Crippen LogP contribution in [0.3, 0.4) is 0 Å². The Morgan fingerprint density at radius 2 is 2.00 bits per heavy atom. The molecule has 0 saturated carbocycles. The summed E-state index contributed by atoms with van der Waals surface area (Å²) in [5.74, 6) is -0.469. The van der Waals surface area contributed by atoms with E-state index in [4.69, 9.17) is 4.74 Å². The maximum atomic E-state index is 13.0. The van der Waals surface area contributed by atoms with Crippen LogP contribution in [0.4, 0.5) is 4.39 Å². The molecule has 0 aliphatic carbocycles. The minimum absolute atomic E-state index is 0.152. The normalized spacial score (nSPS) is 9.79. The van der Waals surface area contributed by atoms with Crippen LogP contribution >= 0.6 is 0 Å². The molecular formula is C9H6FN3O. The third-order valence-corrected chi connectivity index (χ3v) is 1.47. The molecule has 2 aromatic heterocycles. The van der Waals surface area contributed by atoms with Gasteiger partial charge in [-0.2, -0.15) is 4.39 Å². The van der Waals surface area contributed by atoms with E-state index in [1.165, 1.54) is 18.6 Å². The molecular weight excluding hydrogens is 185 g/mol. The van der Waals surface area contributed by atoms with Crippen molar-refractivity contribution in [2.45, 2.75) is 0 Å². The van der Waals surface area contributed by atoms with Crippen molar-refractivity contribution >= 4 is 0 Å². The molecule has 0 bridgehead atoms. The minimum Gasteiger partial charge on any atom is -0.434 e. The second-order valence-electron chi connectivity index (χ2n) is 2.44. The topological polar surface area (TPSA) is 47.9 Å². The Balaban J connectivity index is 2.24. The molecule has 0 amide bonds. The zero-order valence-electron chi connectivity index (χ0n) is 7.09. The molecule has 0 N–H and O–H groups in total. The zero-order valence-corrected chi connectivity index (χ0v) is 7.09. The Morgan fingerprint density at radius 1 is 1.14 bits per heavy atom. The summed E-state index contributed by atoms with van der Waals surface area (Å²) in [5, 5.41) is 0. The van der Waals surface area contributed by atoms with Crippen molar-refractivity contribution < 1.29 is 9.13 Å². The van der Waals surface area contributed by atoms with Crippen molar-refractivity contribution in [3.8, 4) is 11.6 Å². The van der Waals surface area contributed by atoms with Gasteiger partial charge in [0, 0.05) is 18.6 Å². The first-order valence-corrected chi connectivity index (χ1v) is 3.90. The highest BCUT2D eigenvalue weighted by molar-refractivity contribution is 5.21. The van der Waals surface area contributed by atoms with Gasteiger partial charge in [0.05, 0.1) is 6.20 Å². The second-order valence-corrected chi connectivity index (χ2v) is 2.44. The first-order valence-electron chi connectivity index (χ1n) is 3.90. The van der Waals surface area contributed by atoms with Crippen LogP contribution in [0.15, 0.2) is 36.9 Å². The molecule has 0 aliphatic rings. The summed E-state index contributed by atoms with van der Waals surface area (Å²) in [6.07, 6.45) is 5.67. The minimum atomic E-state index is -0.739.